The monoisotopic (exact) mass is 844 g/mol. The number of ether oxygens (including phenoxy) is 3. The number of carbonyl (C=O) groups is 5. The number of aryl methyl sites for hydroxylation is 1. The summed E-state index contributed by atoms with van der Waals surface area (Å²) in [6.45, 7) is 10.1. The van der Waals surface area contributed by atoms with Crippen molar-refractivity contribution in [3.8, 4) is 0 Å². The molecule has 4 amide bonds. The first-order valence-corrected chi connectivity index (χ1v) is 23.2. The predicted octanol–water partition coefficient (Wildman–Crippen LogP) is 9.13. The average molecular weight is 844 g/mol. The molecule has 13 nitrogen and oxygen atoms in total. The average Bonchev–Trinajstić information content (AvgIpc) is 3.23. The second-order valence-corrected chi connectivity index (χ2v) is 17.4. The Morgan fingerprint density at radius 3 is 1.85 bits per heavy atom. The maximum Gasteiger partial charge on any atom is 0.410 e. The molecule has 13 heteroatoms. The van der Waals surface area contributed by atoms with Gasteiger partial charge in [-0.3, -0.25) is 25.1 Å². The summed E-state index contributed by atoms with van der Waals surface area (Å²) in [5.74, 6) is -2.25. The molecule has 0 spiro atoms. The molecule has 1 aliphatic rings. The third-order valence-corrected chi connectivity index (χ3v) is 11.7. The first-order chi connectivity index (χ1) is 28.8. The fourth-order valence-corrected chi connectivity index (χ4v) is 7.92. The van der Waals surface area contributed by atoms with Crippen LogP contribution in [0.1, 0.15) is 169 Å². The van der Waals surface area contributed by atoms with Crippen molar-refractivity contribution in [2.75, 3.05) is 27.3 Å². The second-order valence-electron chi connectivity index (χ2n) is 17.4. The van der Waals surface area contributed by atoms with E-state index in [0.717, 1.165) is 50.5 Å². The fraction of sp³-hybridized carbons (Fsp3) is 0.766. The summed E-state index contributed by atoms with van der Waals surface area (Å²) in [7, 11) is 2.45. The molecule has 0 radical (unpaired) electrons. The first-order valence-electron chi connectivity index (χ1n) is 23.2. The van der Waals surface area contributed by atoms with E-state index in [9.17, 15) is 24.0 Å². The molecule has 1 fully saturated rings. The van der Waals surface area contributed by atoms with Gasteiger partial charge in [-0.05, 0) is 49.5 Å². The lowest BCUT2D eigenvalue weighted by molar-refractivity contribution is -0.178. The lowest BCUT2D eigenvalue weighted by Crippen LogP contribution is -2.66. The molecule has 1 saturated carbocycles. The number of unbranched alkanes of at least 4 members (excludes halogenated alkanes) is 12. The highest BCUT2D eigenvalue weighted by Gasteiger charge is 2.48. The molecule has 1 aliphatic carbocycles. The van der Waals surface area contributed by atoms with Crippen LogP contribution >= 0.6 is 0 Å². The number of hydrazine groups is 1. The Morgan fingerprint density at radius 2 is 1.32 bits per heavy atom. The van der Waals surface area contributed by atoms with Gasteiger partial charge in [-0.2, -0.15) is 0 Å². The van der Waals surface area contributed by atoms with Gasteiger partial charge in [-0.15, -0.1) is 0 Å². The SMILES string of the molecule is CCCCCCCCCCCCCCCC(=O)O[C@@](NC(=O)OC)(C(=O)N[C@@H](CCc1ccccc1)CN(CC1CCCCC1)NC(=O)[C@@H](NC(=O)OC)C(C)C)C(C)C. The summed E-state index contributed by atoms with van der Waals surface area (Å²) >= 11 is 0. The minimum absolute atomic E-state index is 0.109. The smallest absolute Gasteiger partial charge is 0.410 e. The number of rotatable bonds is 30. The number of nitrogens with one attached hydrogen (secondary N) is 4. The van der Waals surface area contributed by atoms with Crippen LogP contribution in [0, 0.1) is 17.8 Å². The standard InChI is InChI=1S/C47H81N5O8/c1-8-9-10-11-12-13-14-15-16-17-18-19-26-31-41(53)60-47(37(4)5,50-46(57)59-7)44(55)48-40(33-32-38-27-22-20-23-28-38)35-52(34-39-29-24-21-25-30-39)51-43(54)42(36(2)3)49-45(56)58-6/h20,22-23,27-28,36-37,39-40,42H,8-19,21,24-26,29-35H2,1-7H3,(H,48,55)(H,49,56)(H,50,57)(H,51,54)/t40-,42-,47+/m0/s1. The predicted molar refractivity (Wildman–Crippen MR) is 237 cm³/mol. The van der Waals surface area contributed by atoms with Gasteiger partial charge in [0.15, 0.2) is 0 Å². The number of benzene rings is 1. The van der Waals surface area contributed by atoms with Crippen LogP contribution in [0.2, 0.25) is 0 Å². The van der Waals surface area contributed by atoms with Crippen molar-refractivity contribution in [3.63, 3.8) is 0 Å². The molecule has 0 bridgehead atoms. The molecule has 1 aromatic carbocycles. The van der Waals surface area contributed by atoms with Crippen LogP contribution in [0.4, 0.5) is 9.59 Å². The minimum atomic E-state index is -2.06. The lowest BCUT2D eigenvalue weighted by atomic mass is 9.89. The molecular formula is C47H81N5O8. The van der Waals surface area contributed by atoms with Gasteiger partial charge < -0.3 is 24.8 Å². The van der Waals surface area contributed by atoms with Gasteiger partial charge in [0.05, 0.1) is 14.2 Å². The molecule has 0 saturated heterocycles. The van der Waals surface area contributed by atoms with Crippen molar-refractivity contribution in [1.29, 1.82) is 0 Å². The Balaban J connectivity index is 2.24. The summed E-state index contributed by atoms with van der Waals surface area (Å²) in [6.07, 6.45) is 20.2. The van der Waals surface area contributed by atoms with Crippen LogP contribution in [-0.2, 0) is 35.0 Å². The molecule has 342 valence electrons. The van der Waals surface area contributed by atoms with Gasteiger partial charge in [-0.25, -0.2) is 14.6 Å². The normalized spacial score (nSPS) is 15.2. The van der Waals surface area contributed by atoms with E-state index in [1.807, 2.05) is 49.2 Å². The van der Waals surface area contributed by atoms with Crippen molar-refractivity contribution in [2.24, 2.45) is 17.8 Å². The van der Waals surface area contributed by atoms with E-state index in [1.165, 1.54) is 78.4 Å². The van der Waals surface area contributed by atoms with Gasteiger partial charge in [0.25, 0.3) is 17.5 Å². The second kappa shape index (κ2) is 30.2. The summed E-state index contributed by atoms with van der Waals surface area (Å²) in [5.41, 5.74) is 2.07. The van der Waals surface area contributed by atoms with Crippen LogP contribution in [0.25, 0.3) is 0 Å². The van der Waals surface area contributed by atoms with Gasteiger partial charge in [0, 0.05) is 31.5 Å². The van der Waals surface area contributed by atoms with Crippen molar-refractivity contribution >= 4 is 30.0 Å². The molecule has 60 heavy (non-hydrogen) atoms. The Labute approximate surface area is 361 Å². The number of hydrogen-bond acceptors (Lipinski definition) is 9. The Hall–Kier alpha value is -3.87. The van der Waals surface area contributed by atoms with E-state index in [1.54, 1.807) is 13.8 Å². The largest absolute Gasteiger partial charge is 0.453 e. The van der Waals surface area contributed by atoms with Crippen LogP contribution in [-0.4, -0.2) is 80.1 Å². The van der Waals surface area contributed by atoms with Crippen molar-refractivity contribution in [1.82, 2.24) is 26.4 Å². The van der Waals surface area contributed by atoms with Crippen LogP contribution in [0.3, 0.4) is 0 Å². The lowest BCUT2D eigenvalue weighted by Gasteiger charge is -2.38. The fourth-order valence-electron chi connectivity index (χ4n) is 7.92. The number of esters is 1. The number of carbonyl (C=O) groups excluding carboxylic acids is 5. The van der Waals surface area contributed by atoms with Gasteiger partial charge in [0.1, 0.15) is 6.04 Å². The van der Waals surface area contributed by atoms with Gasteiger partial charge in [0.2, 0.25) is 0 Å². The molecule has 4 N–H and O–H groups in total. The molecule has 0 heterocycles. The maximum absolute atomic E-state index is 14.6. The van der Waals surface area contributed by atoms with Gasteiger partial charge >= 0.3 is 18.2 Å². The van der Waals surface area contributed by atoms with Gasteiger partial charge in [-0.1, -0.05) is 161 Å². The summed E-state index contributed by atoms with van der Waals surface area (Å²) in [4.78, 5) is 66.9. The Kier molecular flexibility index (Phi) is 26.3. The molecular weight excluding hydrogens is 763 g/mol. The topological polar surface area (TPSA) is 164 Å². The molecule has 0 aliphatic heterocycles. The number of hydrogen-bond donors (Lipinski definition) is 4. The maximum atomic E-state index is 14.6. The highest BCUT2D eigenvalue weighted by atomic mass is 16.6. The molecule has 3 atom stereocenters. The quantitative estimate of drug-likeness (QED) is 0.0194. The zero-order chi connectivity index (χ0) is 44.2. The van der Waals surface area contributed by atoms with E-state index in [4.69, 9.17) is 14.2 Å². The van der Waals surface area contributed by atoms with E-state index in [0.29, 0.717) is 31.7 Å². The third-order valence-electron chi connectivity index (χ3n) is 11.7. The first kappa shape index (κ1) is 52.3. The minimum Gasteiger partial charge on any atom is -0.453 e. The van der Waals surface area contributed by atoms with Crippen LogP contribution in [0.15, 0.2) is 30.3 Å². The van der Waals surface area contributed by atoms with Crippen molar-refractivity contribution in [3.05, 3.63) is 35.9 Å². The number of nitrogens with zero attached hydrogens (tertiary/aromatic N) is 1. The molecule has 2 rings (SSSR count). The van der Waals surface area contributed by atoms with Crippen molar-refractivity contribution < 1.29 is 38.2 Å². The van der Waals surface area contributed by atoms with Crippen LogP contribution in [0.5, 0.6) is 0 Å². The molecule has 0 unspecified atom stereocenters. The molecule has 0 aromatic heterocycles. The van der Waals surface area contributed by atoms with Crippen LogP contribution < -0.4 is 21.4 Å². The summed E-state index contributed by atoms with van der Waals surface area (Å²) in [5, 5.41) is 10.2. The Morgan fingerprint density at radius 1 is 0.750 bits per heavy atom. The highest BCUT2D eigenvalue weighted by Crippen LogP contribution is 2.26. The number of methoxy groups -OCH3 is 2. The highest BCUT2D eigenvalue weighted by molar-refractivity contribution is 5.91. The third kappa shape index (κ3) is 20.6. The zero-order valence-corrected chi connectivity index (χ0v) is 38.3. The number of amides is 4. The van der Waals surface area contributed by atoms with Crippen molar-refractivity contribution in [2.45, 2.75) is 187 Å². The summed E-state index contributed by atoms with van der Waals surface area (Å²) < 4.78 is 15.7. The number of alkyl carbamates (subject to hydrolysis) is 2. The van der Waals surface area contributed by atoms with E-state index in [2.05, 4.69) is 28.3 Å². The summed E-state index contributed by atoms with van der Waals surface area (Å²) in [6, 6.07) is 8.46. The molecule has 1 aromatic rings. The van der Waals surface area contributed by atoms with E-state index >= 15 is 0 Å². The Bertz CT molecular complexity index is 1370. The van der Waals surface area contributed by atoms with E-state index in [-0.39, 0.29) is 18.9 Å². The zero-order valence-electron chi connectivity index (χ0n) is 38.3. The van der Waals surface area contributed by atoms with E-state index < -0.39 is 53.7 Å².